The Hall–Kier alpha value is -2.17. The summed E-state index contributed by atoms with van der Waals surface area (Å²) in [7, 11) is 0. The first-order valence-electron chi connectivity index (χ1n) is 8.30. The van der Waals surface area contributed by atoms with Crippen molar-refractivity contribution in [2.75, 3.05) is 6.61 Å². The van der Waals surface area contributed by atoms with E-state index in [1.165, 1.54) is 27.0 Å². The molecule has 2 aliphatic heterocycles. The first-order chi connectivity index (χ1) is 12.9. The summed E-state index contributed by atoms with van der Waals surface area (Å²) < 4.78 is 7.96. The monoisotopic (exact) mass is 453 g/mol. The molecule has 1 fully saturated rings. The third-order valence-electron chi connectivity index (χ3n) is 4.66. The van der Waals surface area contributed by atoms with E-state index in [-0.39, 0.29) is 30.4 Å². The molecule has 0 aliphatic carbocycles. The molecule has 2 aliphatic rings. The van der Waals surface area contributed by atoms with E-state index in [1.807, 2.05) is 19.1 Å². The second-order valence-electron chi connectivity index (χ2n) is 6.46. The second-order valence-corrected chi connectivity index (χ2v) is 9.01. The molecule has 2 atom stereocenters. The fraction of sp³-hybridized carbons (Fsp3) is 0.353. The standard InChI is InChI=1S/C17H16BrN3O5S/c1-8-7-26-12-6-20-5-10(14(22)15(23)13(20)17(25)21(8)12)16(24)19-4-9-2-3-11(18)27-9/h2-3,5,8,12,23H,4,6-7H2,1H3,(H,19,24)/t8-,12+/m0/s1. The van der Waals surface area contributed by atoms with Gasteiger partial charge in [-0.05, 0) is 35.0 Å². The summed E-state index contributed by atoms with van der Waals surface area (Å²) in [6, 6.07) is 3.59. The number of nitrogens with zero attached hydrogens (tertiary/aromatic N) is 2. The Balaban J connectivity index is 1.64. The number of ether oxygens (including phenoxy) is 1. The van der Waals surface area contributed by atoms with E-state index in [0.29, 0.717) is 6.61 Å². The van der Waals surface area contributed by atoms with Crippen LogP contribution in [-0.2, 0) is 17.8 Å². The summed E-state index contributed by atoms with van der Waals surface area (Å²) in [5.41, 5.74) is -1.17. The van der Waals surface area contributed by atoms with Crippen LogP contribution in [0.5, 0.6) is 5.75 Å². The summed E-state index contributed by atoms with van der Waals surface area (Å²) in [6.45, 7) is 2.73. The van der Waals surface area contributed by atoms with E-state index >= 15 is 0 Å². The summed E-state index contributed by atoms with van der Waals surface area (Å²) in [5.74, 6) is -1.78. The number of hydrogen-bond acceptors (Lipinski definition) is 6. The van der Waals surface area contributed by atoms with Crippen LogP contribution in [0.1, 0.15) is 32.6 Å². The molecular weight excluding hydrogens is 438 g/mol. The van der Waals surface area contributed by atoms with Crippen LogP contribution >= 0.6 is 27.3 Å². The van der Waals surface area contributed by atoms with E-state index in [9.17, 15) is 19.5 Å². The zero-order valence-corrected chi connectivity index (χ0v) is 16.7. The molecule has 2 aromatic rings. The van der Waals surface area contributed by atoms with Crippen LogP contribution in [-0.4, -0.2) is 45.3 Å². The maximum absolute atomic E-state index is 12.7. The fourth-order valence-electron chi connectivity index (χ4n) is 3.35. The molecule has 1 saturated heterocycles. The number of pyridine rings is 1. The van der Waals surface area contributed by atoms with E-state index in [4.69, 9.17) is 4.74 Å². The quantitative estimate of drug-likeness (QED) is 0.733. The number of aromatic nitrogens is 1. The lowest BCUT2D eigenvalue weighted by Gasteiger charge is -2.33. The maximum Gasteiger partial charge on any atom is 0.276 e. The van der Waals surface area contributed by atoms with Crippen molar-refractivity contribution in [3.8, 4) is 5.75 Å². The highest BCUT2D eigenvalue weighted by Gasteiger charge is 2.42. The number of amides is 2. The van der Waals surface area contributed by atoms with Crippen molar-refractivity contribution in [1.29, 1.82) is 0 Å². The first-order valence-corrected chi connectivity index (χ1v) is 9.91. The zero-order valence-electron chi connectivity index (χ0n) is 14.3. The van der Waals surface area contributed by atoms with Crippen molar-refractivity contribution in [2.45, 2.75) is 32.3 Å². The molecule has 10 heteroatoms. The number of carbonyl (C=O) groups excluding carboxylic acids is 2. The summed E-state index contributed by atoms with van der Waals surface area (Å²) in [4.78, 5) is 40.1. The van der Waals surface area contributed by atoms with Crippen molar-refractivity contribution in [3.05, 3.63) is 48.5 Å². The Bertz CT molecular complexity index is 1000. The number of aromatic hydroxyl groups is 1. The third-order valence-corrected chi connectivity index (χ3v) is 6.28. The highest BCUT2D eigenvalue weighted by Crippen LogP contribution is 2.29. The molecule has 2 N–H and O–H groups in total. The Kier molecular flexibility index (Phi) is 4.57. The molecule has 142 valence electrons. The SMILES string of the molecule is C[C@H]1CO[C@@H]2Cn3cc(C(=O)NCc4ccc(Br)s4)c(=O)c(O)c3C(=O)N12. The maximum atomic E-state index is 12.7. The Morgan fingerprint density at radius 3 is 2.93 bits per heavy atom. The van der Waals surface area contributed by atoms with Gasteiger partial charge in [0, 0.05) is 11.1 Å². The molecule has 8 nitrogen and oxygen atoms in total. The van der Waals surface area contributed by atoms with Crippen LogP contribution < -0.4 is 10.7 Å². The van der Waals surface area contributed by atoms with Gasteiger partial charge in [-0.1, -0.05) is 0 Å². The minimum absolute atomic E-state index is 0.104. The average Bonchev–Trinajstić information content (AvgIpc) is 3.21. The molecule has 0 bridgehead atoms. The van der Waals surface area contributed by atoms with E-state index in [2.05, 4.69) is 21.2 Å². The fourth-order valence-corrected chi connectivity index (χ4v) is 4.77. The van der Waals surface area contributed by atoms with Crippen molar-refractivity contribution >= 4 is 39.1 Å². The normalized spacial score (nSPS) is 21.1. The van der Waals surface area contributed by atoms with Crippen LogP contribution in [0.4, 0.5) is 0 Å². The van der Waals surface area contributed by atoms with Crippen molar-refractivity contribution in [2.24, 2.45) is 0 Å². The molecule has 0 radical (unpaired) electrons. The van der Waals surface area contributed by atoms with Crippen LogP contribution in [0.2, 0.25) is 0 Å². The predicted molar refractivity (Wildman–Crippen MR) is 101 cm³/mol. The molecule has 0 aromatic carbocycles. The van der Waals surface area contributed by atoms with Crippen LogP contribution in [0.3, 0.4) is 0 Å². The van der Waals surface area contributed by atoms with Crippen molar-refractivity contribution < 1.29 is 19.4 Å². The van der Waals surface area contributed by atoms with Crippen molar-refractivity contribution in [3.63, 3.8) is 0 Å². The lowest BCUT2D eigenvalue weighted by atomic mass is 10.1. The van der Waals surface area contributed by atoms with Gasteiger partial charge in [-0.3, -0.25) is 14.4 Å². The number of rotatable bonds is 3. The molecule has 4 rings (SSSR count). The number of carbonyl (C=O) groups is 2. The van der Waals surface area contributed by atoms with Crippen LogP contribution in [0.25, 0.3) is 0 Å². The largest absolute Gasteiger partial charge is 0.503 e. The van der Waals surface area contributed by atoms with Crippen LogP contribution in [0.15, 0.2) is 26.9 Å². The topological polar surface area (TPSA) is 101 Å². The Morgan fingerprint density at radius 1 is 1.44 bits per heavy atom. The van der Waals surface area contributed by atoms with Gasteiger partial charge in [-0.2, -0.15) is 0 Å². The van der Waals surface area contributed by atoms with Crippen LogP contribution in [0, 0.1) is 0 Å². The van der Waals surface area contributed by atoms with Gasteiger partial charge in [0.2, 0.25) is 5.43 Å². The van der Waals surface area contributed by atoms with Crippen molar-refractivity contribution in [1.82, 2.24) is 14.8 Å². The summed E-state index contributed by atoms with van der Waals surface area (Å²) >= 11 is 4.82. The predicted octanol–water partition coefficient (Wildman–Crippen LogP) is 1.51. The molecule has 0 saturated carbocycles. The highest BCUT2D eigenvalue weighted by molar-refractivity contribution is 9.11. The van der Waals surface area contributed by atoms with Gasteiger partial charge in [0.25, 0.3) is 11.8 Å². The number of hydrogen-bond donors (Lipinski definition) is 2. The zero-order chi connectivity index (χ0) is 19.3. The minimum Gasteiger partial charge on any atom is -0.503 e. The summed E-state index contributed by atoms with van der Waals surface area (Å²) in [6.07, 6.45) is 0.847. The lowest BCUT2D eigenvalue weighted by molar-refractivity contribution is 0.00625. The van der Waals surface area contributed by atoms with E-state index in [1.54, 1.807) is 0 Å². The molecule has 0 unspecified atom stereocenters. The van der Waals surface area contributed by atoms with Gasteiger partial charge in [0.1, 0.15) is 5.56 Å². The van der Waals surface area contributed by atoms with Gasteiger partial charge < -0.3 is 24.6 Å². The smallest absolute Gasteiger partial charge is 0.276 e. The highest BCUT2D eigenvalue weighted by atomic mass is 79.9. The number of thiophene rings is 1. The van der Waals surface area contributed by atoms with Gasteiger partial charge in [-0.25, -0.2) is 0 Å². The average molecular weight is 454 g/mol. The first kappa shape index (κ1) is 18.2. The van der Waals surface area contributed by atoms with Gasteiger partial charge in [0.15, 0.2) is 17.7 Å². The molecule has 0 spiro atoms. The molecule has 2 aromatic heterocycles. The Labute approximate surface area is 166 Å². The van der Waals surface area contributed by atoms with E-state index < -0.39 is 29.2 Å². The van der Waals surface area contributed by atoms with Gasteiger partial charge in [0.05, 0.1) is 29.5 Å². The number of halogens is 1. The molecule has 4 heterocycles. The van der Waals surface area contributed by atoms with Gasteiger partial charge in [-0.15, -0.1) is 11.3 Å². The molecular formula is C17H16BrN3O5S. The minimum atomic E-state index is -0.856. The number of fused-ring (bicyclic) bond motifs is 2. The lowest BCUT2D eigenvalue weighted by Crippen LogP contribution is -2.49. The third kappa shape index (κ3) is 3.07. The van der Waals surface area contributed by atoms with Gasteiger partial charge >= 0.3 is 0 Å². The molecule has 27 heavy (non-hydrogen) atoms. The molecule has 2 amide bonds. The number of nitrogens with one attached hydrogen (secondary N) is 1. The van der Waals surface area contributed by atoms with E-state index in [0.717, 1.165) is 8.66 Å². The second kappa shape index (κ2) is 6.77. The summed E-state index contributed by atoms with van der Waals surface area (Å²) in [5, 5.41) is 13.0. The Morgan fingerprint density at radius 2 is 2.22 bits per heavy atom.